The first-order valence-corrected chi connectivity index (χ1v) is 10.9. The molecule has 1 heterocycles. The third-order valence-electron chi connectivity index (χ3n) is 5.67. The van der Waals surface area contributed by atoms with Crippen molar-refractivity contribution in [1.29, 1.82) is 0 Å². The average Bonchev–Trinajstić information content (AvgIpc) is 2.74. The van der Waals surface area contributed by atoms with Crippen LogP contribution in [0.25, 0.3) is 0 Å². The second-order valence-electron chi connectivity index (χ2n) is 8.08. The summed E-state index contributed by atoms with van der Waals surface area (Å²) in [6.07, 6.45) is 3.62. The van der Waals surface area contributed by atoms with Gasteiger partial charge in [0.1, 0.15) is 23.2 Å². The summed E-state index contributed by atoms with van der Waals surface area (Å²) < 4.78 is 21.1. The normalized spacial score (nSPS) is 19.6. The van der Waals surface area contributed by atoms with Gasteiger partial charge in [0.25, 0.3) is 0 Å². The number of esters is 1. The van der Waals surface area contributed by atoms with Crippen molar-refractivity contribution >= 4 is 25.0 Å². The average molecular weight is 432 g/mol. The molecule has 1 aliphatic heterocycles. The van der Waals surface area contributed by atoms with E-state index in [4.69, 9.17) is 18.9 Å². The Morgan fingerprint density at radius 1 is 1.19 bits per heavy atom. The molecular formula is C22H29BO8. The smallest absolute Gasteiger partial charge is 0.526 e. The van der Waals surface area contributed by atoms with Crippen molar-refractivity contribution in [2.24, 2.45) is 0 Å². The summed E-state index contributed by atoms with van der Waals surface area (Å²) in [7, 11) is -1.20. The zero-order valence-corrected chi connectivity index (χ0v) is 18.0. The fraction of sp³-hybridized carbons (Fsp3) is 0.591. The van der Waals surface area contributed by atoms with Crippen LogP contribution >= 0.6 is 0 Å². The quantitative estimate of drug-likeness (QED) is 0.394. The van der Waals surface area contributed by atoms with Crippen LogP contribution in [-0.4, -0.2) is 42.4 Å². The van der Waals surface area contributed by atoms with Crippen molar-refractivity contribution < 1.29 is 38.3 Å². The van der Waals surface area contributed by atoms with Crippen molar-refractivity contribution in [3.63, 3.8) is 0 Å². The Morgan fingerprint density at radius 2 is 1.94 bits per heavy atom. The zero-order valence-electron chi connectivity index (χ0n) is 18.0. The molecule has 1 aromatic carbocycles. The Bertz CT molecular complexity index is 805. The maximum Gasteiger partial charge on any atom is 0.526 e. The maximum absolute atomic E-state index is 12.6. The number of para-hydroxylation sites is 1. The number of carbonyl (C=O) groups is 3. The van der Waals surface area contributed by atoms with Gasteiger partial charge in [-0.05, 0) is 43.7 Å². The minimum atomic E-state index is -1.20. The molecule has 168 valence electrons. The summed E-state index contributed by atoms with van der Waals surface area (Å²) in [6.45, 7) is 3.20. The number of Topliss-reactive ketones (excluding diaryl/α,β-unsaturated/α-hetero) is 1. The second-order valence-corrected chi connectivity index (χ2v) is 8.08. The minimum Gasteiger partial charge on any atom is -0.535 e. The van der Waals surface area contributed by atoms with E-state index in [1.54, 1.807) is 19.1 Å². The van der Waals surface area contributed by atoms with Crippen LogP contribution < -0.4 is 4.65 Å². The fourth-order valence-electron chi connectivity index (χ4n) is 3.98. The molecule has 8 nitrogen and oxygen atoms in total. The monoisotopic (exact) mass is 432 g/mol. The van der Waals surface area contributed by atoms with Crippen LogP contribution in [0.2, 0.25) is 5.82 Å². The molecule has 9 heteroatoms. The van der Waals surface area contributed by atoms with E-state index in [9.17, 15) is 19.4 Å². The van der Waals surface area contributed by atoms with E-state index in [0.717, 1.165) is 32.1 Å². The Labute approximate surface area is 182 Å². The van der Waals surface area contributed by atoms with Gasteiger partial charge in [0.2, 0.25) is 6.29 Å². The van der Waals surface area contributed by atoms with Crippen molar-refractivity contribution in [1.82, 2.24) is 0 Å². The van der Waals surface area contributed by atoms with Crippen LogP contribution in [0.1, 0.15) is 74.7 Å². The molecule has 2 atom stereocenters. The molecule has 2 aliphatic rings. The molecule has 0 bridgehead atoms. The van der Waals surface area contributed by atoms with E-state index in [1.807, 2.05) is 0 Å². The molecule has 1 aromatic rings. The number of benzene rings is 1. The van der Waals surface area contributed by atoms with Gasteiger partial charge in [-0.2, -0.15) is 0 Å². The molecule has 0 radical (unpaired) electrons. The van der Waals surface area contributed by atoms with Gasteiger partial charge >= 0.3 is 19.2 Å². The molecule has 0 amide bonds. The molecule has 1 fully saturated rings. The summed E-state index contributed by atoms with van der Waals surface area (Å²) >= 11 is 0. The van der Waals surface area contributed by atoms with E-state index < -0.39 is 25.5 Å². The second kappa shape index (κ2) is 10.7. The molecule has 31 heavy (non-hydrogen) atoms. The minimum absolute atomic E-state index is 0.0396. The highest BCUT2D eigenvalue weighted by Gasteiger charge is 2.38. The maximum atomic E-state index is 12.6. The number of hydrogen-bond acceptors (Lipinski definition) is 8. The van der Waals surface area contributed by atoms with Crippen LogP contribution in [0.15, 0.2) is 18.2 Å². The van der Waals surface area contributed by atoms with Crippen molar-refractivity contribution in [2.75, 3.05) is 0 Å². The number of fused-ring (bicyclic) bond motifs is 1. The van der Waals surface area contributed by atoms with Crippen LogP contribution in [0.3, 0.4) is 0 Å². The van der Waals surface area contributed by atoms with Crippen LogP contribution in [0.4, 0.5) is 4.79 Å². The third kappa shape index (κ3) is 6.23. The summed E-state index contributed by atoms with van der Waals surface area (Å²) in [4.78, 5) is 36.3. The molecule has 1 N–H and O–H groups in total. The first kappa shape index (κ1) is 23.1. The van der Waals surface area contributed by atoms with Gasteiger partial charge in [-0.15, -0.1) is 0 Å². The van der Waals surface area contributed by atoms with Gasteiger partial charge in [0.05, 0.1) is 0 Å². The third-order valence-corrected chi connectivity index (χ3v) is 5.67. The lowest BCUT2D eigenvalue weighted by Crippen LogP contribution is -2.36. The highest BCUT2D eigenvalue weighted by Crippen LogP contribution is 2.36. The van der Waals surface area contributed by atoms with E-state index >= 15 is 0 Å². The standard InChI is InChI=1S/C22H29BO8/c1-3-17(24)13-16-12-15-8-7-11-19(20(15)31-23(16)27)21(25)28-14(2)29-22(26)30-18-9-5-4-6-10-18/h7-8,11,14,16,18,27H,3-6,9-10,12-13H2,1-2H3/t14?,16-/m1/s1. The van der Waals surface area contributed by atoms with E-state index in [0.29, 0.717) is 18.4 Å². The zero-order chi connectivity index (χ0) is 22.4. The fourth-order valence-corrected chi connectivity index (χ4v) is 3.98. The number of carbonyl (C=O) groups excluding carboxylic acids is 3. The topological polar surface area (TPSA) is 108 Å². The van der Waals surface area contributed by atoms with Gasteiger partial charge in [-0.3, -0.25) is 4.79 Å². The molecule has 1 saturated carbocycles. The van der Waals surface area contributed by atoms with E-state index in [1.165, 1.54) is 13.0 Å². The number of hydrogen-bond donors (Lipinski definition) is 1. The highest BCUT2D eigenvalue weighted by molar-refractivity contribution is 6.47. The predicted molar refractivity (Wildman–Crippen MR) is 112 cm³/mol. The lowest BCUT2D eigenvalue weighted by atomic mass is 9.64. The highest BCUT2D eigenvalue weighted by atomic mass is 16.8. The van der Waals surface area contributed by atoms with E-state index in [-0.39, 0.29) is 35.4 Å². The Kier molecular flexibility index (Phi) is 7.95. The van der Waals surface area contributed by atoms with Gasteiger partial charge in [-0.25, -0.2) is 9.59 Å². The Hall–Kier alpha value is -2.55. The largest absolute Gasteiger partial charge is 0.535 e. The summed E-state index contributed by atoms with van der Waals surface area (Å²) in [5.41, 5.74) is 0.826. The number of ketones is 1. The van der Waals surface area contributed by atoms with Gasteiger partial charge in [0, 0.05) is 25.6 Å². The summed E-state index contributed by atoms with van der Waals surface area (Å²) in [6, 6.07) is 4.97. The molecule has 1 unspecified atom stereocenters. The first-order chi connectivity index (χ1) is 14.9. The first-order valence-electron chi connectivity index (χ1n) is 10.9. The van der Waals surface area contributed by atoms with Crippen molar-refractivity contribution in [2.45, 2.75) is 83.4 Å². The number of rotatable bonds is 7. The lowest BCUT2D eigenvalue weighted by Gasteiger charge is -2.28. The Morgan fingerprint density at radius 3 is 2.65 bits per heavy atom. The van der Waals surface area contributed by atoms with Crippen LogP contribution in [-0.2, 0) is 25.4 Å². The SMILES string of the molecule is CCC(=O)C[C@H]1Cc2cccc(C(=O)OC(C)OC(=O)OC3CCCCC3)c2OB1O. The molecule has 0 spiro atoms. The van der Waals surface area contributed by atoms with Gasteiger partial charge in [0.15, 0.2) is 0 Å². The molecule has 3 rings (SSSR count). The van der Waals surface area contributed by atoms with Crippen molar-refractivity contribution in [3.8, 4) is 5.75 Å². The molecule has 1 aliphatic carbocycles. The summed E-state index contributed by atoms with van der Waals surface area (Å²) in [5.74, 6) is -0.858. The van der Waals surface area contributed by atoms with E-state index in [2.05, 4.69) is 0 Å². The number of ether oxygens (including phenoxy) is 3. The van der Waals surface area contributed by atoms with Gasteiger partial charge in [-0.1, -0.05) is 25.5 Å². The lowest BCUT2D eigenvalue weighted by molar-refractivity contribution is -0.119. The van der Waals surface area contributed by atoms with Crippen LogP contribution in [0.5, 0.6) is 5.75 Å². The predicted octanol–water partition coefficient (Wildman–Crippen LogP) is 3.83. The molecular weight excluding hydrogens is 403 g/mol. The van der Waals surface area contributed by atoms with Crippen LogP contribution in [0, 0.1) is 0 Å². The summed E-state index contributed by atoms with van der Waals surface area (Å²) in [5, 5.41) is 10.3. The molecule has 0 aromatic heterocycles. The van der Waals surface area contributed by atoms with Gasteiger partial charge < -0.3 is 23.9 Å². The Balaban J connectivity index is 1.59. The molecule has 0 saturated heterocycles. The van der Waals surface area contributed by atoms with Crippen molar-refractivity contribution in [3.05, 3.63) is 29.3 Å².